The highest BCUT2D eigenvalue weighted by Crippen LogP contribution is 2.27. The average molecular weight is 144 g/mol. The summed E-state index contributed by atoms with van der Waals surface area (Å²) < 4.78 is 10.9. The van der Waals surface area contributed by atoms with Crippen LogP contribution in [0.5, 0.6) is 0 Å². The van der Waals surface area contributed by atoms with Crippen LogP contribution >= 0.6 is 0 Å². The van der Waals surface area contributed by atoms with Crippen molar-refractivity contribution in [3.63, 3.8) is 0 Å². The predicted molar refractivity (Wildman–Crippen MR) is 39.7 cm³/mol. The molecule has 0 saturated carbocycles. The van der Waals surface area contributed by atoms with Gasteiger partial charge in [-0.1, -0.05) is 6.92 Å². The average Bonchev–Trinajstić information content (AvgIpc) is 1.78. The van der Waals surface area contributed by atoms with Crippen LogP contribution in [0.3, 0.4) is 0 Å². The molecule has 60 valence electrons. The summed E-state index contributed by atoms with van der Waals surface area (Å²) in [6.45, 7) is 9.11. The maximum absolute atomic E-state index is 5.56. The molecule has 0 aromatic carbocycles. The molecule has 0 aromatic rings. The Balaban J connectivity index is 2.55. The second-order valence-electron chi connectivity index (χ2n) is 3.52. The Bertz CT molecular complexity index is 120. The highest BCUT2D eigenvalue weighted by Gasteiger charge is 2.33. The first-order valence-corrected chi connectivity index (χ1v) is 3.82. The SMILES string of the molecule is C[C@@H]1OC[C@@H](C)C(C)(C)O1. The zero-order valence-corrected chi connectivity index (χ0v) is 7.18. The van der Waals surface area contributed by atoms with Gasteiger partial charge in [0.15, 0.2) is 6.29 Å². The van der Waals surface area contributed by atoms with Crippen LogP contribution in [0, 0.1) is 5.92 Å². The summed E-state index contributed by atoms with van der Waals surface area (Å²) >= 11 is 0. The number of hydrogen-bond acceptors (Lipinski definition) is 2. The minimum Gasteiger partial charge on any atom is -0.353 e. The second-order valence-corrected chi connectivity index (χ2v) is 3.52. The van der Waals surface area contributed by atoms with Crippen molar-refractivity contribution in [3.8, 4) is 0 Å². The Labute approximate surface area is 62.5 Å². The van der Waals surface area contributed by atoms with Crippen LogP contribution in [-0.4, -0.2) is 18.5 Å². The van der Waals surface area contributed by atoms with Crippen LogP contribution in [0.4, 0.5) is 0 Å². The Morgan fingerprint density at radius 3 is 2.30 bits per heavy atom. The van der Waals surface area contributed by atoms with Gasteiger partial charge in [0.05, 0.1) is 12.2 Å². The topological polar surface area (TPSA) is 18.5 Å². The van der Waals surface area contributed by atoms with Crippen molar-refractivity contribution in [2.24, 2.45) is 5.92 Å². The van der Waals surface area contributed by atoms with Crippen molar-refractivity contribution in [1.29, 1.82) is 0 Å². The molecule has 2 nitrogen and oxygen atoms in total. The van der Waals surface area contributed by atoms with Gasteiger partial charge in [-0.25, -0.2) is 0 Å². The van der Waals surface area contributed by atoms with Gasteiger partial charge >= 0.3 is 0 Å². The van der Waals surface area contributed by atoms with E-state index >= 15 is 0 Å². The van der Waals surface area contributed by atoms with E-state index in [4.69, 9.17) is 9.47 Å². The second kappa shape index (κ2) is 2.51. The summed E-state index contributed by atoms with van der Waals surface area (Å²) in [5, 5.41) is 0. The quantitative estimate of drug-likeness (QED) is 0.516. The third-order valence-corrected chi connectivity index (χ3v) is 2.24. The highest BCUT2D eigenvalue weighted by molar-refractivity contribution is 4.78. The fraction of sp³-hybridized carbons (Fsp3) is 1.00. The first-order chi connectivity index (χ1) is 4.52. The van der Waals surface area contributed by atoms with E-state index in [-0.39, 0.29) is 11.9 Å². The molecular formula is C8H16O2. The monoisotopic (exact) mass is 144 g/mol. The standard InChI is InChI=1S/C8H16O2/c1-6-5-9-7(2)10-8(6,3)4/h6-7H,5H2,1-4H3/t6-,7-/m1/s1. The van der Waals surface area contributed by atoms with E-state index in [0.29, 0.717) is 5.92 Å². The minimum absolute atomic E-state index is 0.0162. The van der Waals surface area contributed by atoms with Crippen molar-refractivity contribution < 1.29 is 9.47 Å². The maximum atomic E-state index is 5.56. The van der Waals surface area contributed by atoms with Gasteiger partial charge in [0.1, 0.15) is 0 Å². The summed E-state index contributed by atoms with van der Waals surface area (Å²) in [6.07, 6.45) is -0.0359. The Kier molecular flexibility index (Phi) is 2.02. The molecule has 0 amide bonds. The normalized spacial score (nSPS) is 39.6. The Morgan fingerprint density at radius 2 is 1.90 bits per heavy atom. The van der Waals surface area contributed by atoms with E-state index in [9.17, 15) is 0 Å². The van der Waals surface area contributed by atoms with Crippen LogP contribution in [0.25, 0.3) is 0 Å². The molecule has 2 atom stereocenters. The Hall–Kier alpha value is -0.0800. The minimum atomic E-state index is -0.0359. The maximum Gasteiger partial charge on any atom is 0.155 e. The number of rotatable bonds is 0. The van der Waals surface area contributed by atoms with Gasteiger partial charge in [0.25, 0.3) is 0 Å². The lowest BCUT2D eigenvalue weighted by Crippen LogP contribution is -2.44. The summed E-state index contributed by atoms with van der Waals surface area (Å²) in [5.74, 6) is 0.490. The van der Waals surface area contributed by atoms with E-state index in [1.54, 1.807) is 0 Å². The molecule has 0 unspecified atom stereocenters. The van der Waals surface area contributed by atoms with Crippen molar-refractivity contribution in [1.82, 2.24) is 0 Å². The van der Waals surface area contributed by atoms with Crippen molar-refractivity contribution >= 4 is 0 Å². The fourth-order valence-corrected chi connectivity index (χ4v) is 1.06. The van der Waals surface area contributed by atoms with E-state index in [0.717, 1.165) is 6.61 Å². The van der Waals surface area contributed by atoms with Gasteiger partial charge in [-0.15, -0.1) is 0 Å². The van der Waals surface area contributed by atoms with Gasteiger partial charge in [-0.3, -0.25) is 0 Å². The molecule has 1 rings (SSSR count). The summed E-state index contributed by atoms with van der Waals surface area (Å²) in [7, 11) is 0. The van der Waals surface area contributed by atoms with Gasteiger partial charge in [-0.05, 0) is 20.8 Å². The third-order valence-electron chi connectivity index (χ3n) is 2.24. The van der Waals surface area contributed by atoms with Crippen molar-refractivity contribution in [3.05, 3.63) is 0 Å². The summed E-state index contributed by atoms with van der Waals surface area (Å²) in [5.41, 5.74) is -0.0162. The van der Waals surface area contributed by atoms with E-state index < -0.39 is 0 Å². The van der Waals surface area contributed by atoms with Crippen LogP contribution in [0.2, 0.25) is 0 Å². The zero-order valence-electron chi connectivity index (χ0n) is 7.18. The third kappa shape index (κ3) is 1.50. The van der Waals surface area contributed by atoms with Crippen molar-refractivity contribution in [2.75, 3.05) is 6.61 Å². The molecule has 1 fully saturated rings. The van der Waals surface area contributed by atoms with Crippen LogP contribution < -0.4 is 0 Å². The summed E-state index contributed by atoms with van der Waals surface area (Å²) in [6, 6.07) is 0. The summed E-state index contributed by atoms with van der Waals surface area (Å²) in [4.78, 5) is 0. The molecule has 10 heavy (non-hydrogen) atoms. The first kappa shape index (κ1) is 8.02. The molecule has 1 saturated heterocycles. The van der Waals surface area contributed by atoms with Gasteiger partial charge in [0, 0.05) is 5.92 Å². The molecule has 0 aliphatic carbocycles. The molecule has 0 radical (unpaired) electrons. The van der Waals surface area contributed by atoms with E-state index in [2.05, 4.69) is 20.8 Å². The van der Waals surface area contributed by atoms with Crippen LogP contribution in [0.1, 0.15) is 27.7 Å². The fourth-order valence-electron chi connectivity index (χ4n) is 1.06. The Morgan fingerprint density at radius 1 is 1.30 bits per heavy atom. The lowest BCUT2D eigenvalue weighted by atomic mass is 9.92. The van der Waals surface area contributed by atoms with Crippen molar-refractivity contribution in [2.45, 2.75) is 39.6 Å². The van der Waals surface area contributed by atoms with Gasteiger partial charge in [-0.2, -0.15) is 0 Å². The predicted octanol–water partition coefficient (Wildman–Crippen LogP) is 1.79. The molecule has 1 aliphatic rings. The molecule has 0 spiro atoms. The van der Waals surface area contributed by atoms with Crippen LogP contribution in [0.15, 0.2) is 0 Å². The van der Waals surface area contributed by atoms with Gasteiger partial charge < -0.3 is 9.47 Å². The lowest BCUT2D eigenvalue weighted by Gasteiger charge is -2.39. The molecular weight excluding hydrogens is 128 g/mol. The van der Waals surface area contributed by atoms with Gasteiger partial charge in [0.2, 0.25) is 0 Å². The smallest absolute Gasteiger partial charge is 0.155 e. The largest absolute Gasteiger partial charge is 0.353 e. The number of ether oxygens (including phenoxy) is 2. The molecule has 0 bridgehead atoms. The number of hydrogen-bond donors (Lipinski definition) is 0. The van der Waals surface area contributed by atoms with E-state index in [1.807, 2.05) is 6.92 Å². The zero-order chi connectivity index (χ0) is 7.78. The molecule has 0 aromatic heterocycles. The van der Waals surface area contributed by atoms with E-state index in [1.165, 1.54) is 0 Å². The van der Waals surface area contributed by atoms with Crippen LogP contribution in [-0.2, 0) is 9.47 Å². The molecule has 1 heterocycles. The first-order valence-electron chi connectivity index (χ1n) is 3.82. The highest BCUT2D eigenvalue weighted by atomic mass is 16.7. The molecule has 0 N–H and O–H groups in total. The molecule has 1 aliphatic heterocycles. The molecule has 2 heteroatoms. The lowest BCUT2D eigenvalue weighted by molar-refractivity contribution is -0.259.